The first-order valence-corrected chi connectivity index (χ1v) is 10.8. The van der Waals surface area contributed by atoms with Gasteiger partial charge in [0.05, 0.1) is 0 Å². The Kier molecular flexibility index (Phi) is 5.85. The maximum absolute atomic E-state index is 12.8. The molecule has 0 bridgehead atoms. The van der Waals surface area contributed by atoms with Crippen LogP contribution in [0, 0.1) is 0 Å². The summed E-state index contributed by atoms with van der Waals surface area (Å²) in [5.74, 6) is 0.0219. The van der Waals surface area contributed by atoms with Gasteiger partial charge in [-0.1, -0.05) is 37.5 Å². The van der Waals surface area contributed by atoms with Crippen LogP contribution in [0.5, 0.6) is 0 Å². The largest absolute Gasteiger partial charge is 0.369 e. The number of carbonyl (C=O) groups is 2. The molecule has 152 valence electrons. The SMILES string of the molecule is O=C1NC2(CCCCC2)C(=O)N1CCCCN1CCN(c2ccccc2)CC1. The lowest BCUT2D eigenvalue weighted by atomic mass is 9.82. The summed E-state index contributed by atoms with van der Waals surface area (Å²) in [6.07, 6.45) is 6.76. The van der Waals surface area contributed by atoms with Crippen molar-refractivity contribution in [2.45, 2.75) is 50.5 Å². The van der Waals surface area contributed by atoms with Crippen LogP contribution < -0.4 is 10.2 Å². The molecule has 1 aromatic rings. The van der Waals surface area contributed by atoms with Crippen molar-refractivity contribution in [2.75, 3.05) is 44.2 Å². The molecule has 0 atom stereocenters. The summed E-state index contributed by atoms with van der Waals surface area (Å²) in [6.45, 7) is 5.84. The Balaban J connectivity index is 1.17. The van der Waals surface area contributed by atoms with Crippen LogP contribution in [0.25, 0.3) is 0 Å². The molecular weight excluding hydrogens is 352 g/mol. The smallest absolute Gasteiger partial charge is 0.325 e. The van der Waals surface area contributed by atoms with Crippen LogP contribution in [0.3, 0.4) is 0 Å². The van der Waals surface area contributed by atoms with Gasteiger partial charge in [-0.3, -0.25) is 14.6 Å². The maximum atomic E-state index is 12.8. The second-order valence-corrected chi connectivity index (χ2v) is 8.40. The highest BCUT2D eigenvalue weighted by atomic mass is 16.2. The van der Waals surface area contributed by atoms with Crippen LogP contribution in [-0.4, -0.2) is 66.5 Å². The quantitative estimate of drug-likeness (QED) is 0.605. The van der Waals surface area contributed by atoms with E-state index in [-0.39, 0.29) is 11.9 Å². The van der Waals surface area contributed by atoms with Gasteiger partial charge in [0.15, 0.2) is 0 Å². The van der Waals surface area contributed by atoms with E-state index < -0.39 is 5.54 Å². The number of hydrogen-bond donors (Lipinski definition) is 1. The van der Waals surface area contributed by atoms with Crippen molar-refractivity contribution in [1.29, 1.82) is 0 Å². The molecule has 6 nitrogen and oxygen atoms in total. The molecule has 6 heteroatoms. The van der Waals surface area contributed by atoms with E-state index in [1.165, 1.54) is 17.0 Å². The zero-order valence-corrected chi connectivity index (χ0v) is 16.7. The lowest BCUT2D eigenvalue weighted by molar-refractivity contribution is -0.132. The van der Waals surface area contributed by atoms with Crippen LogP contribution >= 0.6 is 0 Å². The zero-order chi connectivity index (χ0) is 19.4. The topological polar surface area (TPSA) is 55.9 Å². The minimum absolute atomic E-state index is 0.0219. The van der Waals surface area contributed by atoms with Crippen molar-refractivity contribution in [1.82, 2.24) is 15.1 Å². The van der Waals surface area contributed by atoms with Crippen molar-refractivity contribution in [2.24, 2.45) is 0 Å². The van der Waals surface area contributed by atoms with Gasteiger partial charge < -0.3 is 10.2 Å². The summed E-state index contributed by atoms with van der Waals surface area (Å²) in [5.41, 5.74) is 0.723. The van der Waals surface area contributed by atoms with Gasteiger partial charge in [0.25, 0.3) is 5.91 Å². The number of hydrogen-bond acceptors (Lipinski definition) is 4. The molecule has 1 saturated carbocycles. The number of benzene rings is 1. The van der Waals surface area contributed by atoms with Crippen LogP contribution in [0.1, 0.15) is 44.9 Å². The van der Waals surface area contributed by atoms with E-state index in [4.69, 9.17) is 0 Å². The summed E-state index contributed by atoms with van der Waals surface area (Å²) in [6, 6.07) is 10.4. The molecule has 2 saturated heterocycles. The number of nitrogens with one attached hydrogen (secondary N) is 1. The predicted molar refractivity (Wildman–Crippen MR) is 110 cm³/mol. The summed E-state index contributed by atoms with van der Waals surface area (Å²) in [4.78, 5) is 31.5. The van der Waals surface area contributed by atoms with Gasteiger partial charge in [0, 0.05) is 38.4 Å². The molecule has 0 aromatic heterocycles. The van der Waals surface area contributed by atoms with Crippen molar-refractivity contribution < 1.29 is 9.59 Å². The van der Waals surface area contributed by atoms with Crippen molar-refractivity contribution in [3.8, 4) is 0 Å². The normalized spacial score (nSPS) is 22.7. The van der Waals surface area contributed by atoms with E-state index in [0.717, 1.165) is 71.2 Å². The number of imide groups is 1. The Hall–Kier alpha value is -2.08. The van der Waals surface area contributed by atoms with E-state index in [0.29, 0.717) is 6.54 Å². The fourth-order valence-corrected chi connectivity index (χ4v) is 4.85. The third kappa shape index (κ3) is 4.02. The van der Waals surface area contributed by atoms with Crippen LogP contribution in [0.2, 0.25) is 0 Å². The molecule has 1 spiro atoms. The minimum atomic E-state index is -0.580. The number of piperazine rings is 1. The highest BCUT2D eigenvalue weighted by Crippen LogP contribution is 2.33. The third-order valence-electron chi connectivity index (χ3n) is 6.55. The lowest BCUT2D eigenvalue weighted by Gasteiger charge is -2.36. The van der Waals surface area contributed by atoms with Crippen LogP contribution in [0.4, 0.5) is 10.5 Å². The van der Waals surface area contributed by atoms with Crippen LogP contribution in [-0.2, 0) is 4.79 Å². The van der Waals surface area contributed by atoms with Crippen molar-refractivity contribution >= 4 is 17.6 Å². The van der Waals surface area contributed by atoms with Crippen molar-refractivity contribution in [3.63, 3.8) is 0 Å². The van der Waals surface area contributed by atoms with Gasteiger partial charge in [0.2, 0.25) is 0 Å². The summed E-state index contributed by atoms with van der Waals surface area (Å²) in [5, 5.41) is 3.00. The first-order valence-electron chi connectivity index (χ1n) is 10.8. The number of carbonyl (C=O) groups excluding carboxylic acids is 2. The maximum Gasteiger partial charge on any atom is 0.325 e. The molecule has 2 aliphatic heterocycles. The van der Waals surface area contributed by atoms with Gasteiger partial charge in [-0.25, -0.2) is 4.79 Å². The van der Waals surface area contributed by atoms with Crippen molar-refractivity contribution in [3.05, 3.63) is 30.3 Å². The minimum Gasteiger partial charge on any atom is -0.369 e. The number of nitrogens with zero attached hydrogens (tertiary/aromatic N) is 3. The number of urea groups is 1. The van der Waals surface area contributed by atoms with E-state index >= 15 is 0 Å². The number of anilines is 1. The number of unbranched alkanes of at least 4 members (excludes halogenated alkanes) is 1. The second-order valence-electron chi connectivity index (χ2n) is 8.40. The van der Waals surface area contributed by atoms with Gasteiger partial charge >= 0.3 is 6.03 Å². The molecule has 1 aromatic carbocycles. The van der Waals surface area contributed by atoms with Crippen LogP contribution in [0.15, 0.2) is 30.3 Å². The van der Waals surface area contributed by atoms with E-state index in [1.54, 1.807) is 0 Å². The second kappa shape index (κ2) is 8.52. The third-order valence-corrected chi connectivity index (χ3v) is 6.55. The molecule has 1 N–H and O–H groups in total. The Bertz CT molecular complexity index is 679. The number of para-hydroxylation sites is 1. The van der Waals surface area contributed by atoms with Gasteiger partial charge in [-0.05, 0) is 44.4 Å². The van der Waals surface area contributed by atoms with Gasteiger partial charge in [0.1, 0.15) is 5.54 Å². The first kappa shape index (κ1) is 19.2. The number of amides is 3. The summed E-state index contributed by atoms with van der Waals surface area (Å²) >= 11 is 0. The highest BCUT2D eigenvalue weighted by molar-refractivity contribution is 6.07. The standard InChI is InChI=1S/C22H32N4O2/c27-20-22(11-5-2-6-12-22)23-21(28)26(20)14-8-7-13-24-15-17-25(18-16-24)19-9-3-1-4-10-19/h1,3-4,9-10H,2,5-8,11-18H2,(H,23,28). The molecule has 3 aliphatic rings. The molecule has 1 aliphatic carbocycles. The Morgan fingerprint density at radius 1 is 0.857 bits per heavy atom. The first-order chi connectivity index (χ1) is 13.7. The number of rotatable bonds is 6. The average Bonchev–Trinajstić information content (AvgIpc) is 2.96. The van der Waals surface area contributed by atoms with E-state index in [2.05, 4.69) is 45.4 Å². The average molecular weight is 385 g/mol. The fourth-order valence-electron chi connectivity index (χ4n) is 4.85. The molecule has 28 heavy (non-hydrogen) atoms. The molecule has 3 amide bonds. The fraction of sp³-hybridized carbons (Fsp3) is 0.636. The van der Waals surface area contributed by atoms with Gasteiger partial charge in [-0.15, -0.1) is 0 Å². The Morgan fingerprint density at radius 3 is 2.25 bits per heavy atom. The Labute approximate surface area is 167 Å². The molecule has 4 rings (SSSR count). The van der Waals surface area contributed by atoms with E-state index in [9.17, 15) is 9.59 Å². The van der Waals surface area contributed by atoms with E-state index in [1.807, 2.05) is 0 Å². The highest BCUT2D eigenvalue weighted by Gasteiger charge is 2.50. The molecule has 2 heterocycles. The summed E-state index contributed by atoms with van der Waals surface area (Å²) < 4.78 is 0. The molecule has 3 fully saturated rings. The summed E-state index contributed by atoms with van der Waals surface area (Å²) in [7, 11) is 0. The lowest BCUT2D eigenvalue weighted by Crippen LogP contribution is -2.48. The molecule has 0 radical (unpaired) electrons. The molecule has 0 unspecified atom stereocenters. The zero-order valence-electron chi connectivity index (χ0n) is 16.7. The predicted octanol–water partition coefficient (Wildman–Crippen LogP) is 2.84. The van der Waals surface area contributed by atoms with Gasteiger partial charge in [-0.2, -0.15) is 0 Å². The Morgan fingerprint density at radius 2 is 1.54 bits per heavy atom. The molecular formula is C22H32N4O2. The monoisotopic (exact) mass is 384 g/mol.